The molecule has 1 atom stereocenters. The van der Waals surface area contributed by atoms with Crippen molar-refractivity contribution >= 4 is 21.8 Å². The van der Waals surface area contributed by atoms with Crippen molar-refractivity contribution in [3.05, 3.63) is 27.7 Å². The molecule has 1 N–H and O–H groups in total. The molecule has 0 radical (unpaired) electrons. The van der Waals surface area contributed by atoms with E-state index in [4.69, 9.17) is 4.74 Å². The van der Waals surface area contributed by atoms with Crippen LogP contribution < -0.4 is 10.1 Å². The number of amides is 1. The first-order valence-corrected chi connectivity index (χ1v) is 6.84. The molecule has 7 heteroatoms. The highest BCUT2D eigenvalue weighted by molar-refractivity contribution is 9.10. The fraction of sp³-hybridized carbons (Fsp3) is 0.462. The van der Waals surface area contributed by atoms with Crippen molar-refractivity contribution in [1.82, 2.24) is 5.32 Å². The maximum absolute atomic E-state index is 12.3. The van der Waals surface area contributed by atoms with E-state index >= 15 is 0 Å². The zero-order valence-electron chi connectivity index (χ0n) is 10.7. The number of carbonyl (C=O) groups is 1. The predicted molar refractivity (Wildman–Crippen MR) is 70.7 cm³/mol. The Morgan fingerprint density at radius 1 is 1.40 bits per heavy atom. The minimum Gasteiger partial charge on any atom is -0.496 e. The van der Waals surface area contributed by atoms with E-state index in [1.54, 1.807) is 6.07 Å². The van der Waals surface area contributed by atoms with Crippen molar-refractivity contribution in [1.29, 1.82) is 0 Å². The Morgan fingerprint density at radius 3 is 2.70 bits per heavy atom. The van der Waals surface area contributed by atoms with E-state index in [1.807, 2.05) is 11.4 Å². The van der Waals surface area contributed by atoms with Crippen LogP contribution in [0.2, 0.25) is 0 Å². The summed E-state index contributed by atoms with van der Waals surface area (Å²) >= 11 is 3.42. The minimum atomic E-state index is -4.85. The van der Waals surface area contributed by atoms with Crippen LogP contribution in [0.1, 0.15) is 17.5 Å². The molecule has 3 nitrogen and oxygen atoms in total. The molecule has 20 heavy (non-hydrogen) atoms. The Bertz CT molecular complexity index is 531. The van der Waals surface area contributed by atoms with E-state index in [2.05, 4.69) is 15.9 Å². The second kappa shape index (κ2) is 5.63. The first kappa shape index (κ1) is 15.2. The van der Waals surface area contributed by atoms with Crippen LogP contribution in [0, 0.1) is 0 Å². The van der Waals surface area contributed by atoms with Gasteiger partial charge in [0.15, 0.2) is 0 Å². The van der Waals surface area contributed by atoms with Gasteiger partial charge in [0.25, 0.3) is 0 Å². The summed E-state index contributed by atoms with van der Waals surface area (Å²) in [5.41, 5.74) is 1.88. The van der Waals surface area contributed by atoms with Crippen LogP contribution in [0.4, 0.5) is 13.2 Å². The quantitative estimate of drug-likeness (QED) is 0.889. The number of ether oxygens (including phenoxy) is 1. The number of benzene rings is 1. The van der Waals surface area contributed by atoms with Crippen LogP contribution >= 0.6 is 15.9 Å². The molecule has 0 bridgehead atoms. The summed E-state index contributed by atoms with van der Waals surface area (Å²) < 4.78 is 42.9. The number of carbonyl (C=O) groups excluding carboxylic acids is 1. The number of fused-ring (bicyclic) bond motifs is 1. The Morgan fingerprint density at radius 2 is 2.10 bits per heavy atom. The molecule has 0 fully saturated rings. The fourth-order valence-electron chi connectivity index (χ4n) is 2.39. The van der Waals surface area contributed by atoms with Gasteiger partial charge in [0.1, 0.15) is 5.75 Å². The number of hydrogen-bond acceptors (Lipinski definition) is 2. The molecule has 1 aromatic rings. The highest BCUT2D eigenvalue weighted by Crippen LogP contribution is 2.35. The molecule has 1 aliphatic carbocycles. The molecule has 0 heterocycles. The molecule has 0 aromatic heterocycles. The van der Waals surface area contributed by atoms with Gasteiger partial charge < -0.3 is 10.1 Å². The smallest absolute Gasteiger partial charge is 0.471 e. The van der Waals surface area contributed by atoms with E-state index in [0.717, 1.165) is 15.6 Å². The number of alkyl halides is 3. The van der Waals surface area contributed by atoms with Gasteiger partial charge in [0, 0.05) is 16.1 Å². The molecule has 0 aliphatic heterocycles. The SMILES string of the molecule is COc1ccc(Br)c2c1C[C@@H](NC(=O)C(F)(F)F)CC2. The Hall–Kier alpha value is -1.24. The van der Waals surface area contributed by atoms with Crippen LogP contribution in [-0.2, 0) is 17.6 Å². The molecule has 0 unspecified atom stereocenters. The Balaban J connectivity index is 2.18. The number of rotatable bonds is 2. The molecule has 0 saturated carbocycles. The number of halogens is 4. The van der Waals surface area contributed by atoms with Gasteiger partial charge in [0.05, 0.1) is 7.11 Å². The van der Waals surface area contributed by atoms with E-state index in [0.29, 0.717) is 25.0 Å². The number of nitrogens with one attached hydrogen (secondary N) is 1. The highest BCUT2D eigenvalue weighted by Gasteiger charge is 2.40. The summed E-state index contributed by atoms with van der Waals surface area (Å²) in [7, 11) is 1.52. The summed E-state index contributed by atoms with van der Waals surface area (Å²) in [6.45, 7) is 0. The van der Waals surface area contributed by atoms with Crippen molar-refractivity contribution in [2.75, 3.05) is 7.11 Å². The highest BCUT2D eigenvalue weighted by atomic mass is 79.9. The van der Waals surface area contributed by atoms with Crippen LogP contribution in [0.15, 0.2) is 16.6 Å². The van der Waals surface area contributed by atoms with E-state index < -0.39 is 18.1 Å². The normalized spacial score (nSPS) is 18.4. The van der Waals surface area contributed by atoms with Gasteiger partial charge in [-0.3, -0.25) is 4.79 Å². The van der Waals surface area contributed by atoms with Gasteiger partial charge in [-0.15, -0.1) is 0 Å². The van der Waals surface area contributed by atoms with Crippen molar-refractivity contribution in [3.63, 3.8) is 0 Å². The molecule has 1 aromatic carbocycles. The van der Waals surface area contributed by atoms with Gasteiger partial charge in [-0.1, -0.05) is 15.9 Å². The molecule has 1 amide bonds. The molecule has 110 valence electrons. The summed E-state index contributed by atoms with van der Waals surface area (Å²) in [6.07, 6.45) is -3.45. The maximum atomic E-state index is 12.3. The molecular formula is C13H13BrF3NO2. The third-order valence-corrected chi connectivity index (χ3v) is 4.08. The summed E-state index contributed by atoms with van der Waals surface area (Å²) in [5, 5.41) is 2.04. The zero-order chi connectivity index (χ0) is 14.9. The van der Waals surface area contributed by atoms with Crippen molar-refractivity contribution < 1.29 is 22.7 Å². The van der Waals surface area contributed by atoms with Crippen LogP contribution in [0.5, 0.6) is 5.75 Å². The first-order chi connectivity index (χ1) is 9.32. The van der Waals surface area contributed by atoms with Gasteiger partial charge in [-0.2, -0.15) is 13.2 Å². The van der Waals surface area contributed by atoms with Crippen molar-refractivity contribution in [2.24, 2.45) is 0 Å². The second-order valence-corrected chi connectivity index (χ2v) is 5.47. The maximum Gasteiger partial charge on any atom is 0.471 e. The number of hydrogen-bond donors (Lipinski definition) is 1. The van der Waals surface area contributed by atoms with Crippen LogP contribution in [-0.4, -0.2) is 25.2 Å². The van der Waals surface area contributed by atoms with Crippen LogP contribution in [0.3, 0.4) is 0 Å². The summed E-state index contributed by atoms with van der Waals surface area (Å²) in [5.74, 6) is -1.26. The number of methoxy groups -OCH3 is 1. The minimum absolute atomic E-state index is 0.333. The predicted octanol–water partition coefficient (Wildman–Crippen LogP) is 2.99. The average Bonchev–Trinajstić information content (AvgIpc) is 2.38. The molecule has 0 spiro atoms. The molecule has 2 rings (SSSR count). The average molecular weight is 352 g/mol. The fourth-order valence-corrected chi connectivity index (χ4v) is 2.96. The Labute approximate surface area is 122 Å². The van der Waals surface area contributed by atoms with Crippen molar-refractivity contribution in [2.45, 2.75) is 31.5 Å². The third kappa shape index (κ3) is 3.08. The van der Waals surface area contributed by atoms with Crippen molar-refractivity contribution in [3.8, 4) is 5.75 Å². The summed E-state index contributed by atoms with van der Waals surface area (Å²) in [6, 6.07) is 3.09. The van der Waals surface area contributed by atoms with Gasteiger partial charge in [0.2, 0.25) is 0 Å². The second-order valence-electron chi connectivity index (χ2n) is 4.62. The lowest BCUT2D eigenvalue weighted by Crippen LogP contribution is -2.45. The monoisotopic (exact) mass is 351 g/mol. The zero-order valence-corrected chi connectivity index (χ0v) is 12.3. The lowest BCUT2D eigenvalue weighted by Gasteiger charge is -2.28. The van der Waals surface area contributed by atoms with E-state index in [-0.39, 0.29) is 0 Å². The van der Waals surface area contributed by atoms with E-state index in [9.17, 15) is 18.0 Å². The summed E-state index contributed by atoms with van der Waals surface area (Å²) in [4.78, 5) is 11.0. The third-order valence-electron chi connectivity index (χ3n) is 3.34. The molecule has 1 aliphatic rings. The topological polar surface area (TPSA) is 38.3 Å². The Kier molecular flexibility index (Phi) is 4.27. The standard InChI is InChI=1S/C13H13BrF3NO2/c1-20-11-5-4-10(14)8-3-2-7(6-9(8)11)18-12(19)13(15,16)17/h4-5,7H,2-3,6H2,1H3,(H,18,19)/t7-/m0/s1. The first-order valence-electron chi connectivity index (χ1n) is 6.05. The van der Waals surface area contributed by atoms with Gasteiger partial charge in [-0.25, -0.2) is 0 Å². The largest absolute Gasteiger partial charge is 0.496 e. The molecule has 0 saturated heterocycles. The lowest BCUT2D eigenvalue weighted by atomic mass is 9.87. The molecular weight excluding hydrogens is 339 g/mol. The van der Waals surface area contributed by atoms with Crippen LogP contribution in [0.25, 0.3) is 0 Å². The van der Waals surface area contributed by atoms with Gasteiger partial charge in [-0.05, 0) is 37.0 Å². The van der Waals surface area contributed by atoms with E-state index in [1.165, 1.54) is 7.11 Å². The lowest BCUT2D eigenvalue weighted by molar-refractivity contribution is -0.174. The van der Waals surface area contributed by atoms with Gasteiger partial charge >= 0.3 is 12.1 Å².